The minimum Gasteiger partial charge on any atom is -0.480 e. The third-order valence-electron chi connectivity index (χ3n) is 3.63. The molecule has 128 valence electrons. The highest BCUT2D eigenvalue weighted by Crippen LogP contribution is 2.38. The summed E-state index contributed by atoms with van der Waals surface area (Å²) in [4.78, 5) is 18.6. The predicted octanol–water partition coefficient (Wildman–Crippen LogP) is 2.18. The van der Waals surface area contributed by atoms with Gasteiger partial charge in [-0.2, -0.15) is 4.72 Å². The maximum Gasteiger partial charge on any atom is 0.322 e. The summed E-state index contributed by atoms with van der Waals surface area (Å²) in [6.07, 6.45) is 5.42. The molecule has 1 aliphatic heterocycles. The lowest BCUT2D eigenvalue weighted by atomic mass is 10.1. The zero-order valence-electron chi connectivity index (χ0n) is 12.3. The number of carbonyl (C=O) groups is 1. The molecule has 0 amide bonds. The smallest absolute Gasteiger partial charge is 0.322 e. The first kappa shape index (κ1) is 17.5. The summed E-state index contributed by atoms with van der Waals surface area (Å²) in [7, 11) is -3.77. The van der Waals surface area contributed by atoms with Crippen LogP contribution in [0.4, 0.5) is 0 Å². The Bertz CT molecular complexity index is 910. The fraction of sp³-hybridized carbons (Fsp3) is 0.286. The minimum atomic E-state index is -3.77. The number of hydrogen-bond acceptors (Lipinski definition) is 5. The minimum absolute atomic E-state index is 0.0340. The van der Waals surface area contributed by atoms with Crippen LogP contribution in [0.3, 0.4) is 0 Å². The van der Waals surface area contributed by atoms with Gasteiger partial charge in [0.15, 0.2) is 0 Å². The molecule has 1 aliphatic rings. The number of nitrogens with one attached hydrogen (secondary N) is 2. The molecule has 0 saturated heterocycles. The molecular weight excluding hydrogens is 418 g/mol. The van der Waals surface area contributed by atoms with E-state index >= 15 is 0 Å². The maximum atomic E-state index is 12.4. The van der Waals surface area contributed by atoms with Crippen molar-refractivity contribution in [2.45, 2.75) is 23.5 Å². The van der Waals surface area contributed by atoms with E-state index in [2.05, 4.69) is 30.6 Å². The van der Waals surface area contributed by atoms with Gasteiger partial charge in [-0.3, -0.25) is 4.79 Å². The van der Waals surface area contributed by atoms with Crippen LogP contribution < -0.4 is 4.72 Å². The topological polar surface area (TPSA) is 112 Å². The summed E-state index contributed by atoms with van der Waals surface area (Å²) in [5, 5.41) is 10.2. The largest absolute Gasteiger partial charge is 0.480 e. The first-order chi connectivity index (χ1) is 11.4. The molecule has 0 spiro atoms. The van der Waals surface area contributed by atoms with E-state index in [4.69, 9.17) is 0 Å². The van der Waals surface area contributed by atoms with Gasteiger partial charge in [0.1, 0.15) is 16.3 Å². The van der Waals surface area contributed by atoms with Gasteiger partial charge in [-0.25, -0.2) is 13.4 Å². The Morgan fingerprint density at radius 1 is 1.58 bits per heavy atom. The van der Waals surface area contributed by atoms with Crippen LogP contribution in [-0.4, -0.2) is 40.1 Å². The first-order valence-corrected chi connectivity index (χ1v) is 10.3. The number of aliphatic carboxylic acids is 1. The Hall–Kier alpha value is -1.36. The van der Waals surface area contributed by atoms with Gasteiger partial charge < -0.3 is 10.1 Å². The van der Waals surface area contributed by atoms with E-state index in [0.29, 0.717) is 17.6 Å². The average molecular weight is 432 g/mol. The second kappa shape index (κ2) is 6.87. The van der Waals surface area contributed by atoms with Gasteiger partial charge in [0.05, 0.1) is 0 Å². The molecule has 2 aromatic heterocycles. The molecule has 0 bridgehead atoms. The fourth-order valence-corrected chi connectivity index (χ4v) is 6.39. The van der Waals surface area contributed by atoms with Crippen LogP contribution in [0.1, 0.15) is 12.0 Å². The van der Waals surface area contributed by atoms with Crippen molar-refractivity contribution in [1.82, 2.24) is 14.7 Å². The number of rotatable bonds is 6. The number of fused-ring (bicyclic) bond motifs is 1. The van der Waals surface area contributed by atoms with Crippen LogP contribution in [0.25, 0.3) is 11.0 Å². The second-order valence-corrected chi connectivity index (χ2v) is 10.1. The average Bonchev–Trinajstić information content (AvgIpc) is 3.14. The number of hydrogen-bond donors (Lipinski definition) is 3. The van der Waals surface area contributed by atoms with Crippen molar-refractivity contribution >= 4 is 54.7 Å². The van der Waals surface area contributed by atoms with Crippen molar-refractivity contribution in [2.75, 3.05) is 0 Å². The summed E-state index contributed by atoms with van der Waals surface area (Å²) in [6, 6.07) is 2.32. The standard InChI is InChI=1S/C14H14BrN3O4S2/c15-11-3-4-12(23-11)24(21,22)18-10(14(19)20)6-8-7-17-13-9(8)2-1-5-16-13/h1-3,5,7,10,12,18H,4,6H2,(H,16,17)(H,19,20)/t10-,12?/m0/s1. The number of carboxylic acid groups (broad SMARTS) is 1. The number of thioether (sulfide) groups is 1. The zero-order chi connectivity index (χ0) is 17.3. The first-order valence-electron chi connectivity index (χ1n) is 7.04. The van der Waals surface area contributed by atoms with Gasteiger partial charge in [0.2, 0.25) is 10.0 Å². The number of nitrogens with zero attached hydrogens (tertiary/aromatic N) is 1. The molecule has 24 heavy (non-hydrogen) atoms. The molecule has 0 saturated carbocycles. The molecular formula is C14H14BrN3O4S2. The van der Waals surface area contributed by atoms with E-state index in [9.17, 15) is 18.3 Å². The molecule has 2 atom stereocenters. The molecule has 0 aromatic carbocycles. The summed E-state index contributed by atoms with van der Waals surface area (Å²) < 4.78 is 27.2. The van der Waals surface area contributed by atoms with Gasteiger partial charge in [0, 0.05) is 28.0 Å². The van der Waals surface area contributed by atoms with E-state index in [0.717, 1.165) is 21.0 Å². The molecule has 10 heteroatoms. The second-order valence-electron chi connectivity index (χ2n) is 5.26. The highest BCUT2D eigenvalue weighted by molar-refractivity contribution is 9.14. The maximum absolute atomic E-state index is 12.4. The van der Waals surface area contributed by atoms with Crippen molar-refractivity contribution in [2.24, 2.45) is 0 Å². The molecule has 7 nitrogen and oxygen atoms in total. The number of pyridine rings is 1. The fourth-order valence-electron chi connectivity index (χ4n) is 2.46. The Balaban J connectivity index is 1.79. The van der Waals surface area contributed by atoms with Gasteiger partial charge in [0.25, 0.3) is 0 Å². The van der Waals surface area contributed by atoms with E-state index in [1.807, 2.05) is 6.07 Å². The molecule has 0 radical (unpaired) electrons. The zero-order valence-corrected chi connectivity index (χ0v) is 15.5. The number of halogens is 1. The molecule has 0 aliphatic carbocycles. The molecule has 1 unspecified atom stereocenters. The van der Waals surface area contributed by atoms with Gasteiger partial charge >= 0.3 is 5.97 Å². The lowest BCUT2D eigenvalue weighted by Gasteiger charge is -2.17. The van der Waals surface area contributed by atoms with E-state index < -0.39 is 26.6 Å². The summed E-state index contributed by atoms with van der Waals surface area (Å²) in [5.41, 5.74) is 1.34. The van der Waals surface area contributed by atoms with Crippen LogP contribution in [0, 0.1) is 0 Å². The number of carboxylic acids is 1. The monoisotopic (exact) mass is 431 g/mol. The highest BCUT2D eigenvalue weighted by Gasteiger charge is 2.34. The molecule has 2 aromatic rings. The van der Waals surface area contributed by atoms with Crippen LogP contribution in [0.5, 0.6) is 0 Å². The third-order valence-corrected chi connectivity index (χ3v) is 7.90. The van der Waals surface area contributed by atoms with Gasteiger partial charge in [-0.05, 0) is 40.0 Å². The highest BCUT2D eigenvalue weighted by atomic mass is 79.9. The van der Waals surface area contributed by atoms with Crippen LogP contribution in [0.15, 0.2) is 34.4 Å². The number of sulfonamides is 1. The summed E-state index contributed by atoms with van der Waals surface area (Å²) >= 11 is 4.40. The number of allylic oxidation sites excluding steroid dienone is 1. The number of H-pyrrole nitrogens is 1. The lowest BCUT2D eigenvalue weighted by Crippen LogP contribution is -2.45. The molecule has 3 heterocycles. The van der Waals surface area contributed by atoms with E-state index in [1.165, 1.54) is 0 Å². The van der Waals surface area contributed by atoms with Crippen molar-refractivity contribution in [3.63, 3.8) is 0 Å². The Kier molecular flexibility index (Phi) is 5.00. The summed E-state index contributed by atoms with van der Waals surface area (Å²) in [6.45, 7) is 0. The van der Waals surface area contributed by atoms with Crippen molar-refractivity contribution < 1.29 is 18.3 Å². The van der Waals surface area contributed by atoms with Crippen molar-refractivity contribution in [3.05, 3.63) is 40.0 Å². The van der Waals surface area contributed by atoms with E-state index in [-0.39, 0.29) is 6.42 Å². The predicted molar refractivity (Wildman–Crippen MR) is 96.3 cm³/mol. The SMILES string of the molecule is O=C(O)[C@H](Cc1c[nH]c2ncccc12)NS(=O)(=O)C1CC=C(Br)S1. The quantitative estimate of drug-likeness (QED) is 0.645. The normalized spacial score (nSPS) is 19.4. The van der Waals surface area contributed by atoms with Gasteiger partial charge in [-0.1, -0.05) is 17.8 Å². The Morgan fingerprint density at radius 3 is 3.04 bits per heavy atom. The number of aromatic nitrogens is 2. The van der Waals surface area contributed by atoms with Crippen molar-refractivity contribution in [1.29, 1.82) is 0 Å². The van der Waals surface area contributed by atoms with Crippen LogP contribution in [-0.2, 0) is 21.2 Å². The Morgan fingerprint density at radius 2 is 2.38 bits per heavy atom. The molecule has 3 rings (SSSR count). The van der Waals surface area contributed by atoms with Gasteiger partial charge in [-0.15, -0.1) is 0 Å². The summed E-state index contributed by atoms with van der Waals surface area (Å²) in [5.74, 6) is -1.22. The van der Waals surface area contributed by atoms with E-state index in [1.54, 1.807) is 24.5 Å². The van der Waals surface area contributed by atoms with Crippen LogP contribution in [0.2, 0.25) is 0 Å². The third kappa shape index (κ3) is 3.66. The lowest BCUT2D eigenvalue weighted by molar-refractivity contribution is -0.138. The van der Waals surface area contributed by atoms with Crippen LogP contribution >= 0.6 is 27.7 Å². The molecule has 3 N–H and O–H groups in total. The molecule has 0 fully saturated rings. The number of aromatic amines is 1. The Labute approximate surface area is 151 Å². The van der Waals surface area contributed by atoms with Crippen molar-refractivity contribution in [3.8, 4) is 0 Å².